The van der Waals surface area contributed by atoms with E-state index < -0.39 is 0 Å². The van der Waals surface area contributed by atoms with Crippen LogP contribution in [0.1, 0.15) is 20.3 Å². The Kier molecular flexibility index (Phi) is 103. The van der Waals surface area contributed by atoms with Crippen molar-refractivity contribution in [2.24, 2.45) is 0 Å². The molecular weight excluding hydrogens is 467 g/mol. The van der Waals surface area contributed by atoms with Gasteiger partial charge >= 0.3 is 23.9 Å². The zero-order chi connectivity index (χ0) is 5.86. The standard InChI is InChI=1S/C5H8O2.4ClH.In.Sn/c1-4(6)3-5(2)7;;;;;;/h3H2,1-2H3;4*1H;;/q;;;;;;+4/p-4. The minimum atomic E-state index is -0.0625. The van der Waals surface area contributed by atoms with E-state index in [0.29, 0.717) is 0 Å². The van der Waals surface area contributed by atoms with E-state index in [2.05, 4.69) is 0 Å². The van der Waals surface area contributed by atoms with Crippen LogP contribution >= 0.6 is 0 Å². The van der Waals surface area contributed by atoms with Crippen molar-refractivity contribution in [3.8, 4) is 0 Å². The van der Waals surface area contributed by atoms with Crippen molar-refractivity contribution in [2.75, 3.05) is 0 Å². The summed E-state index contributed by atoms with van der Waals surface area (Å²) in [5.74, 6) is -0.125. The number of halogens is 4. The van der Waals surface area contributed by atoms with Crippen molar-refractivity contribution in [1.82, 2.24) is 0 Å². The average molecular weight is 475 g/mol. The van der Waals surface area contributed by atoms with Crippen LogP contribution in [-0.4, -0.2) is 61.3 Å². The van der Waals surface area contributed by atoms with E-state index in [4.69, 9.17) is 0 Å². The fourth-order valence-corrected chi connectivity index (χ4v) is 0.351. The third-order valence-electron chi connectivity index (χ3n) is 0.498. The van der Waals surface area contributed by atoms with E-state index in [1.54, 1.807) is 0 Å². The predicted molar refractivity (Wildman–Crippen MR) is 37.5 cm³/mol. The molecular formula is C5H8Cl4InO2Sn. The third-order valence-corrected chi connectivity index (χ3v) is 0.498. The molecule has 0 unspecified atom stereocenters. The van der Waals surface area contributed by atoms with E-state index >= 15 is 0 Å². The Hall–Kier alpha value is 2.17. The Bertz CT molecular complexity index is 103. The molecule has 0 atom stereocenters. The number of rotatable bonds is 2. The molecule has 0 N–H and O–H groups in total. The summed E-state index contributed by atoms with van der Waals surface area (Å²) in [4.78, 5) is 20.1. The summed E-state index contributed by atoms with van der Waals surface area (Å²) < 4.78 is 0. The number of carbonyl (C=O) groups is 2. The van der Waals surface area contributed by atoms with E-state index in [-0.39, 0.29) is 117 Å². The van der Waals surface area contributed by atoms with Crippen molar-refractivity contribution in [3.63, 3.8) is 0 Å². The molecule has 0 amide bonds. The molecule has 3 radical (unpaired) electrons. The second kappa shape index (κ2) is 29.2. The second-order valence-corrected chi connectivity index (χ2v) is 1.58. The van der Waals surface area contributed by atoms with E-state index in [9.17, 15) is 9.59 Å². The van der Waals surface area contributed by atoms with Crippen LogP contribution in [0.3, 0.4) is 0 Å². The summed E-state index contributed by atoms with van der Waals surface area (Å²) in [5, 5.41) is 0. The number of hydrogen-bond acceptors (Lipinski definition) is 2. The molecule has 8 heteroatoms. The minimum Gasteiger partial charge on any atom is -1.00 e. The van der Waals surface area contributed by atoms with Crippen molar-refractivity contribution < 1.29 is 59.2 Å². The van der Waals surface area contributed by atoms with Gasteiger partial charge in [-0.1, -0.05) is 0 Å². The summed E-state index contributed by atoms with van der Waals surface area (Å²) in [7, 11) is 0. The zero-order valence-corrected chi connectivity index (χ0v) is 16.3. The normalized spacial score (nSPS) is 4.46. The Morgan fingerprint density at radius 2 is 1.00 bits per heavy atom. The minimum absolute atomic E-state index is 0. The molecule has 2 nitrogen and oxygen atoms in total. The SMILES string of the molecule is CC(=O)CC(C)=O.[Cl-].[Cl-].[Cl-].[Cl-].[In].[Sn+4]. The Morgan fingerprint density at radius 3 is 1.00 bits per heavy atom. The molecule has 0 aliphatic rings. The van der Waals surface area contributed by atoms with Crippen LogP contribution in [0.4, 0.5) is 0 Å². The van der Waals surface area contributed by atoms with Crippen molar-refractivity contribution >= 4 is 61.3 Å². The molecule has 0 aliphatic heterocycles. The largest absolute Gasteiger partial charge is 4.00 e. The van der Waals surface area contributed by atoms with Gasteiger partial charge < -0.3 is 49.6 Å². The predicted octanol–water partition coefficient (Wildman–Crippen LogP) is -12.2. The van der Waals surface area contributed by atoms with Gasteiger partial charge in [-0.25, -0.2) is 0 Å². The molecule has 0 aromatic carbocycles. The van der Waals surface area contributed by atoms with E-state index in [0.717, 1.165) is 0 Å². The van der Waals surface area contributed by atoms with Crippen LogP contribution < -0.4 is 49.6 Å². The van der Waals surface area contributed by atoms with Gasteiger partial charge in [-0.15, -0.1) is 0 Å². The number of Topliss-reactive ketones (excluding diaryl/α,β-unsaturated/α-hetero) is 2. The summed E-state index contributed by atoms with van der Waals surface area (Å²) in [6.07, 6.45) is 0.0833. The fourth-order valence-electron chi connectivity index (χ4n) is 0.351. The summed E-state index contributed by atoms with van der Waals surface area (Å²) >= 11 is 0. The molecule has 0 fully saturated rings. The molecule has 0 spiro atoms. The molecule has 0 aliphatic carbocycles. The van der Waals surface area contributed by atoms with Gasteiger partial charge in [0.05, 0.1) is 6.42 Å². The molecule has 0 bridgehead atoms. The zero-order valence-electron chi connectivity index (χ0n) is 7.11. The molecule has 13 heavy (non-hydrogen) atoms. The first kappa shape index (κ1) is 45.6. The van der Waals surface area contributed by atoms with Gasteiger partial charge in [-0.3, -0.25) is 9.59 Å². The van der Waals surface area contributed by atoms with Crippen molar-refractivity contribution in [1.29, 1.82) is 0 Å². The first-order valence-corrected chi connectivity index (χ1v) is 2.12. The molecule has 0 saturated carbocycles. The molecule has 0 saturated heterocycles. The Morgan fingerprint density at radius 1 is 0.846 bits per heavy atom. The Labute approximate surface area is 139 Å². The first-order chi connectivity index (χ1) is 3.13. The maximum absolute atomic E-state index is 10.0. The molecule has 0 rings (SSSR count). The summed E-state index contributed by atoms with van der Waals surface area (Å²) in [6.45, 7) is 2.81. The van der Waals surface area contributed by atoms with Crippen LogP contribution in [-0.2, 0) is 9.59 Å². The quantitative estimate of drug-likeness (QED) is 0.294. The number of carbonyl (C=O) groups excluding carboxylic acids is 2. The van der Waals surface area contributed by atoms with Crippen molar-refractivity contribution in [3.05, 3.63) is 0 Å². The summed E-state index contributed by atoms with van der Waals surface area (Å²) in [6, 6.07) is 0. The van der Waals surface area contributed by atoms with Gasteiger partial charge in [0.1, 0.15) is 11.6 Å². The average Bonchev–Trinajstić information content (AvgIpc) is 1.27. The molecule has 0 heterocycles. The van der Waals surface area contributed by atoms with Gasteiger partial charge in [0.25, 0.3) is 0 Å². The van der Waals surface area contributed by atoms with E-state index in [1.165, 1.54) is 13.8 Å². The number of ketones is 2. The van der Waals surface area contributed by atoms with Gasteiger partial charge in [-0.05, 0) is 13.8 Å². The third kappa shape index (κ3) is 55.1. The molecule has 0 aromatic rings. The van der Waals surface area contributed by atoms with Gasteiger partial charge in [0.15, 0.2) is 0 Å². The van der Waals surface area contributed by atoms with Crippen LogP contribution in [0.15, 0.2) is 0 Å². The van der Waals surface area contributed by atoms with Crippen LogP contribution in [0, 0.1) is 0 Å². The fraction of sp³-hybridized carbons (Fsp3) is 0.600. The molecule has 75 valence electrons. The van der Waals surface area contributed by atoms with Crippen LogP contribution in [0.5, 0.6) is 0 Å². The number of hydrogen-bond donors (Lipinski definition) is 0. The molecule has 0 aromatic heterocycles. The first-order valence-electron chi connectivity index (χ1n) is 2.12. The van der Waals surface area contributed by atoms with Crippen LogP contribution in [0.25, 0.3) is 0 Å². The topological polar surface area (TPSA) is 34.1 Å². The smallest absolute Gasteiger partial charge is 1.00 e. The van der Waals surface area contributed by atoms with Crippen LogP contribution in [0.2, 0.25) is 0 Å². The van der Waals surface area contributed by atoms with Gasteiger partial charge in [-0.2, -0.15) is 0 Å². The van der Waals surface area contributed by atoms with E-state index in [1.807, 2.05) is 0 Å². The Balaban J connectivity index is -0.0000000120. The van der Waals surface area contributed by atoms with Crippen molar-refractivity contribution in [2.45, 2.75) is 20.3 Å². The monoisotopic (exact) mass is 475 g/mol. The van der Waals surface area contributed by atoms with Gasteiger partial charge in [0.2, 0.25) is 0 Å². The maximum atomic E-state index is 10.0. The van der Waals surface area contributed by atoms with Gasteiger partial charge in [0, 0.05) is 25.8 Å². The second-order valence-electron chi connectivity index (χ2n) is 1.58. The summed E-state index contributed by atoms with van der Waals surface area (Å²) in [5.41, 5.74) is 0. The maximum Gasteiger partial charge on any atom is 4.00 e.